The summed E-state index contributed by atoms with van der Waals surface area (Å²) in [6.45, 7) is 3.66. The minimum Gasteiger partial charge on any atom is -0.363 e. The van der Waals surface area contributed by atoms with Gasteiger partial charge in [0.15, 0.2) is 0 Å². The van der Waals surface area contributed by atoms with Gasteiger partial charge >= 0.3 is 0 Å². The van der Waals surface area contributed by atoms with Gasteiger partial charge in [-0.05, 0) is 24.2 Å². The van der Waals surface area contributed by atoms with Crippen LogP contribution >= 0.6 is 0 Å². The summed E-state index contributed by atoms with van der Waals surface area (Å²) >= 11 is 0. The van der Waals surface area contributed by atoms with Gasteiger partial charge in [-0.25, -0.2) is 4.39 Å². The Hall–Kier alpha value is -1.62. The molecule has 0 aliphatic heterocycles. The normalized spacial score (nSPS) is 10.4. The van der Waals surface area contributed by atoms with Crippen molar-refractivity contribution >= 4 is 11.6 Å². The highest BCUT2D eigenvalue weighted by molar-refractivity contribution is 5.80. The quantitative estimate of drug-likeness (QED) is 0.847. The average Bonchev–Trinajstić information content (AvgIpc) is 2.35. The molecule has 1 aromatic rings. The molecule has 0 aliphatic rings. The van der Waals surface area contributed by atoms with Crippen LogP contribution in [0.1, 0.15) is 12.5 Å². The van der Waals surface area contributed by atoms with Crippen LogP contribution < -0.4 is 10.2 Å². The van der Waals surface area contributed by atoms with E-state index in [1.54, 1.807) is 32.1 Å². The number of hydrogen-bond donors (Lipinski definition) is 1. The van der Waals surface area contributed by atoms with E-state index in [-0.39, 0.29) is 18.3 Å². The standard InChI is InChI=1S/C14H22FN3O/c1-5-16-9-11-6-7-13(12(15)8-11)18(4)10-14(19)17(2)3/h6-8,16H,5,9-10H2,1-4H3. The zero-order chi connectivity index (χ0) is 14.4. The van der Waals surface area contributed by atoms with Gasteiger partial charge in [-0.2, -0.15) is 0 Å². The van der Waals surface area contributed by atoms with E-state index in [0.29, 0.717) is 12.2 Å². The molecule has 0 fully saturated rings. The van der Waals surface area contributed by atoms with Gasteiger partial charge in [-0.15, -0.1) is 0 Å². The number of anilines is 1. The van der Waals surface area contributed by atoms with Crippen LogP contribution in [0.2, 0.25) is 0 Å². The third-order valence-corrected chi connectivity index (χ3v) is 2.87. The van der Waals surface area contributed by atoms with Gasteiger partial charge in [0.2, 0.25) is 5.91 Å². The molecular weight excluding hydrogens is 245 g/mol. The maximum absolute atomic E-state index is 14.0. The van der Waals surface area contributed by atoms with E-state index in [4.69, 9.17) is 0 Å². The van der Waals surface area contributed by atoms with Crippen molar-refractivity contribution in [2.45, 2.75) is 13.5 Å². The first-order valence-corrected chi connectivity index (χ1v) is 6.36. The third kappa shape index (κ3) is 4.52. The molecule has 4 nitrogen and oxygen atoms in total. The van der Waals surface area contributed by atoms with E-state index in [1.165, 1.54) is 11.0 Å². The molecule has 0 spiro atoms. The van der Waals surface area contributed by atoms with Crippen LogP contribution in [-0.2, 0) is 11.3 Å². The zero-order valence-corrected chi connectivity index (χ0v) is 12.0. The molecule has 0 atom stereocenters. The van der Waals surface area contributed by atoms with Crippen LogP contribution in [0.25, 0.3) is 0 Å². The number of benzene rings is 1. The predicted octanol–water partition coefficient (Wildman–Crippen LogP) is 1.46. The molecule has 0 saturated heterocycles. The smallest absolute Gasteiger partial charge is 0.241 e. The van der Waals surface area contributed by atoms with Crippen molar-refractivity contribution in [3.63, 3.8) is 0 Å². The van der Waals surface area contributed by atoms with Crippen LogP contribution in [-0.4, -0.2) is 45.0 Å². The highest BCUT2D eigenvalue weighted by atomic mass is 19.1. The number of amides is 1. The van der Waals surface area contributed by atoms with Crippen molar-refractivity contribution in [3.8, 4) is 0 Å². The molecule has 1 amide bonds. The maximum atomic E-state index is 14.0. The fraction of sp³-hybridized carbons (Fsp3) is 0.500. The fourth-order valence-corrected chi connectivity index (χ4v) is 1.67. The summed E-state index contributed by atoms with van der Waals surface area (Å²) in [5.41, 5.74) is 1.34. The van der Waals surface area contributed by atoms with Crippen molar-refractivity contribution in [1.29, 1.82) is 0 Å². The van der Waals surface area contributed by atoms with E-state index in [0.717, 1.165) is 12.1 Å². The number of nitrogens with zero attached hydrogens (tertiary/aromatic N) is 2. The molecule has 1 rings (SSSR count). The summed E-state index contributed by atoms with van der Waals surface area (Å²) in [5.74, 6) is -0.358. The minimum atomic E-state index is -0.301. The second-order valence-electron chi connectivity index (χ2n) is 4.71. The molecule has 0 aromatic heterocycles. The number of carbonyl (C=O) groups is 1. The molecule has 106 valence electrons. The summed E-state index contributed by atoms with van der Waals surface area (Å²) in [6.07, 6.45) is 0. The Morgan fingerprint density at radius 2 is 2.00 bits per heavy atom. The lowest BCUT2D eigenvalue weighted by molar-refractivity contribution is -0.127. The lowest BCUT2D eigenvalue weighted by atomic mass is 10.2. The number of halogens is 1. The van der Waals surface area contributed by atoms with Crippen molar-refractivity contribution in [3.05, 3.63) is 29.6 Å². The molecular formula is C14H22FN3O. The highest BCUT2D eigenvalue weighted by Crippen LogP contribution is 2.19. The maximum Gasteiger partial charge on any atom is 0.241 e. The second kappa shape index (κ2) is 7.09. The van der Waals surface area contributed by atoms with Crippen LogP contribution in [0.4, 0.5) is 10.1 Å². The molecule has 19 heavy (non-hydrogen) atoms. The Morgan fingerprint density at radius 3 is 2.53 bits per heavy atom. The summed E-state index contributed by atoms with van der Waals surface area (Å²) < 4.78 is 14.0. The largest absolute Gasteiger partial charge is 0.363 e. The van der Waals surface area contributed by atoms with Crippen molar-refractivity contribution in [1.82, 2.24) is 10.2 Å². The summed E-state index contributed by atoms with van der Waals surface area (Å²) in [7, 11) is 5.09. The first kappa shape index (κ1) is 15.4. The van der Waals surface area contributed by atoms with Crippen molar-refractivity contribution < 1.29 is 9.18 Å². The number of rotatable bonds is 6. The number of nitrogens with one attached hydrogen (secondary N) is 1. The van der Waals surface area contributed by atoms with Crippen LogP contribution in [0.5, 0.6) is 0 Å². The Bertz CT molecular complexity index is 435. The van der Waals surface area contributed by atoms with Gasteiger partial charge in [0.1, 0.15) is 5.82 Å². The minimum absolute atomic E-state index is 0.0568. The third-order valence-electron chi connectivity index (χ3n) is 2.87. The molecule has 0 saturated carbocycles. The molecule has 1 aromatic carbocycles. The zero-order valence-electron chi connectivity index (χ0n) is 12.0. The topological polar surface area (TPSA) is 35.6 Å². The summed E-state index contributed by atoms with van der Waals surface area (Å²) in [4.78, 5) is 14.7. The average molecular weight is 267 g/mol. The van der Waals surface area contributed by atoms with E-state index in [1.807, 2.05) is 13.0 Å². The lowest BCUT2D eigenvalue weighted by Gasteiger charge is -2.21. The van der Waals surface area contributed by atoms with Gasteiger partial charge in [-0.1, -0.05) is 13.0 Å². The Kier molecular flexibility index (Phi) is 5.76. The first-order chi connectivity index (χ1) is 8.95. The SMILES string of the molecule is CCNCc1ccc(N(C)CC(=O)N(C)C)c(F)c1. The van der Waals surface area contributed by atoms with Crippen LogP contribution in [0, 0.1) is 5.82 Å². The molecule has 1 N–H and O–H groups in total. The Balaban J connectivity index is 2.75. The Morgan fingerprint density at radius 1 is 1.32 bits per heavy atom. The van der Waals surface area contributed by atoms with E-state index < -0.39 is 0 Å². The van der Waals surface area contributed by atoms with Gasteiger partial charge in [-0.3, -0.25) is 4.79 Å². The van der Waals surface area contributed by atoms with Crippen LogP contribution in [0.15, 0.2) is 18.2 Å². The molecule has 0 radical (unpaired) electrons. The summed E-state index contributed by atoms with van der Waals surface area (Å²) in [5, 5.41) is 3.15. The first-order valence-electron chi connectivity index (χ1n) is 6.36. The molecule has 5 heteroatoms. The highest BCUT2D eigenvalue weighted by Gasteiger charge is 2.13. The molecule has 0 aliphatic carbocycles. The van der Waals surface area contributed by atoms with Crippen molar-refractivity contribution in [2.24, 2.45) is 0 Å². The lowest BCUT2D eigenvalue weighted by Crippen LogP contribution is -2.34. The number of hydrogen-bond acceptors (Lipinski definition) is 3. The second-order valence-corrected chi connectivity index (χ2v) is 4.71. The van der Waals surface area contributed by atoms with Crippen LogP contribution in [0.3, 0.4) is 0 Å². The predicted molar refractivity (Wildman–Crippen MR) is 75.7 cm³/mol. The Labute approximate surface area is 114 Å². The van der Waals surface area contributed by atoms with Gasteiger partial charge in [0.05, 0.1) is 12.2 Å². The molecule has 0 bridgehead atoms. The molecule has 0 unspecified atom stereocenters. The van der Waals surface area contributed by atoms with Gasteiger partial charge in [0, 0.05) is 27.7 Å². The van der Waals surface area contributed by atoms with Gasteiger partial charge < -0.3 is 15.1 Å². The number of likely N-dealkylation sites (N-methyl/N-ethyl adjacent to an activating group) is 2. The van der Waals surface area contributed by atoms with Gasteiger partial charge in [0.25, 0.3) is 0 Å². The van der Waals surface area contributed by atoms with Crippen molar-refractivity contribution in [2.75, 3.05) is 39.1 Å². The summed E-state index contributed by atoms with van der Waals surface area (Å²) in [6, 6.07) is 5.09. The molecule has 0 heterocycles. The number of carbonyl (C=O) groups excluding carboxylic acids is 1. The fourth-order valence-electron chi connectivity index (χ4n) is 1.67. The van der Waals surface area contributed by atoms with E-state index in [9.17, 15) is 9.18 Å². The van der Waals surface area contributed by atoms with E-state index >= 15 is 0 Å². The van der Waals surface area contributed by atoms with E-state index in [2.05, 4.69) is 5.32 Å². The monoisotopic (exact) mass is 267 g/mol.